The van der Waals surface area contributed by atoms with Crippen LogP contribution in [0.25, 0.3) is 0 Å². The molecule has 0 fully saturated rings. The molecule has 2 amide bonds. The molecule has 0 spiro atoms. The van der Waals surface area contributed by atoms with Crippen LogP contribution >= 0.6 is 11.6 Å². The highest BCUT2D eigenvalue weighted by Gasteiger charge is 2.62. The fourth-order valence-electron chi connectivity index (χ4n) is 3.09. The van der Waals surface area contributed by atoms with E-state index in [2.05, 4.69) is 11.7 Å². The van der Waals surface area contributed by atoms with Crippen LogP contribution in [-0.4, -0.2) is 41.4 Å². The number of aryl methyl sites for hydroxylation is 1. The fraction of sp³-hybridized carbons (Fsp3) is 0.286. The van der Waals surface area contributed by atoms with Crippen LogP contribution in [0.2, 0.25) is 0 Å². The summed E-state index contributed by atoms with van der Waals surface area (Å²) in [5, 5.41) is 3.23. The highest BCUT2D eigenvalue weighted by atomic mass is 35.5. The molecule has 0 aromatic heterocycles. The molecule has 1 aromatic carbocycles. The number of hydrogen-bond donors (Lipinski definition) is 0. The molecule has 1 aliphatic rings. The summed E-state index contributed by atoms with van der Waals surface area (Å²) in [6, 6.07) is 4.24. The molecule has 1 atom stereocenters. The molecule has 166 valence electrons. The molecular weight excluding hydrogens is 440 g/mol. The van der Waals surface area contributed by atoms with E-state index in [4.69, 9.17) is 16.4 Å². The molecular formula is C21H19ClF4N2O3. The Morgan fingerprint density at radius 2 is 2.10 bits per heavy atom. The Kier molecular flexibility index (Phi) is 7.43. The van der Waals surface area contributed by atoms with Crippen LogP contribution in [-0.2, 0) is 9.63 Å². The molecule has 0 aliphatic carbocycles. The van der Waals surface area contributed by atoms with Crippen molar-refractivity contribution in [3.8, 4) is 0 Å². The van der Waals surface area contributed by atoms with E-state index in [9.17, 15) is 27.2 Å². The number of halogens is 5. The summed E-state index contributed by atoms with van der Waals surface area (Å²) in [5.41, 5.74) is -2.34. The average molecular weight is 459 g/mol. The lowest BCUT2D eigenvalue weighted by molar-refractivity contribution is -0.251. The quantitative estimate of drug-likeness (QED) is 0.320. The topological polar surface area (TPSA) is 59.0 Å². The molecule has 1 aliphatic heterocycles. The summed E-state index contributed by atoms with van der Waals surface area (Å²) >= 11 is 5.62. The van der Waals surface area contributed by atoms with E-state index in [0.717, 1.165) is 23.3 Å². The van der Waals surface area contributed by atoms with Crippen LogP contribution in [0.5, 0.6) is 0 Å². The molecule has 1 heterocycles. The Labute approximate surface area is 181 Å². The zero-order chi connectivity index (χ0) is 23.4. The Bertz CT molecular complexity index is 977. The predicted molar refractivity (Wildman–Crippen MR) is 108 cm³/mol. The van der Waals surface area contributed by atoms with Gasteiger partial charge in [-0.05, 0) is 43.2 Å². The number of carbonyl (C=O) groups is 2. The molecule has 0 saturated carbocycles. The second-order valence-corrected chi connectivity index (χ2v) is 7.12. The van der Waals surface area contributed by atoms with E-state index < -0.39 is 35.8 Å². The maximum atomic E-state index is 14.0. The summed E-state index contributed by atoms with van der Waals surface area (Å²) in [7, 11) is 0. The van der Waals surface area contributed by atoms with Gasteiger partial charge in [-0.25, -0.2) is 4.39 Å². The second kappa shape index (κ2) is 9.47. The summed E-state index contributed by atoms with van der Waals surface area (Å²) < 4.78 is 54.8. The maximum absolute atomic E-state index is 14.0. The molecule has 0 saturated heterocycles. The Morgan fingerprint density at radius 1 is 1.42 bits per heavy atom. The van der Waals surface area contributed by atoms with E-state index in [0.29, 0.717) is 17.5 Å². The minimum absolute atomic E-state index is 0.0143. The highest BCUT2D eigenvalue weighted by molar-refractivity contribution is 6.30. The molecule has 0 bridgehead atoms. The zero-order valence-corrected chi connectivity index (χ0v) is 17.4. The highest BCUT2D eigenvalue weighted by Crippen LogP contribution is 2.47. The van der Waals surface area contributed by atoms with Crippen molar-refractivity contribution >= 4 is 29.6 Å². The number of nitrogens with zero attached hydrogens (tertiary/aromatic N) is 2. The van der Waals surface area contributed by atoms with Crippen LogP contribution in [0.3, 0.4) is 0 Å². The maximum Gasteiger partial charge on any atom is 0.435 e. The first-order valence-corrected chi connectivity index (χ1v) is 9.34. The van der Waals surface area contributed by atoms with Crippen molar-refractivity contribution in [3.63, 3.8) is 0 Å². The first-order chi connectivity index (χ1) is 14.5. The van der Waals surface area contributed by atoms with E-state index in [1.165, 1.54) is 25.1 Å². The van der Waals surface area contributed by atoms with Crippen LogP contribution in [0.15, 0.2) is 58.9 Å². The minimum Gasteiger partial charge on any atom is -0.374 e. The molecule has 2 rings (SSSR count). The van der Waals surface area contributed by atoms with Crippen molar-refractivity contribution in [1.82, 2.24) is 4.90 Å². The molecule has 0 N–H and O–H groups in total. The van der Waals surface area contributed by atoms with E-state index in [-0.39, 0.29) is 16.8 Å². The van der Waals surface area contributed by atoms with Crippen molar-refractivity contribution in [2.45, 2.75) is 32.0 Å². The Hall–Kier alpha value is -2.94. The third-order valence-corrected chi connectivity index (χ3v) is 4.95. The van der Waals surface area contributed by atoms with Gasteiger partial charge in [-0.3, -0.25) is 14.5 Å². The first-order valence-electron chi connectivity index (χ1n) is 8.96. The van der Waals surface area contributed by atoms with Gasteiger partial charge in [0.2, 0.25) is 6.41 Å². The lowest BCUT2D eigenvalue weighted by Gasteiger charge is -2.30. The third kappa shape index (κ3) is 4.71. The smallest absolute Gasteiger partial charge is 0.374 e. The van der Waals surface area contributed by atoms with E-state index in [1.807, 2.05) is 0 Å². The number of hydrogen-bond acceptors (Lipinski definition) is 4. The van der Waals surface area contributed by atoms with Crippen LogP contribution in [0.1, 0.15) is 34.8 Å². The van der Waals surface area contributed by atoms with Crippen LogP contribution in [0.4, 0.5) is 17.6 Å². The average Bonchev–Trinajstić information content (AvgIpc) is 3.19. The molecule has 5 nitrogen and oxygen atoms in total. The van der Waals surface area contributed by atoms with Crippen molar-refractivity contribution < 1.29 is 32.0 Å². The van der Waals surface area contributed by atoms with Gasteiger partial charge in [0.25, 0.3) is 11.5 Å². The van der Waals surface area contributed by atoms with E-state index >= 15 is 0 Å². The molecule has 0 radical (unpaired) electrons. The monoisotopic (exact) mass is 458 g/mol. The standard InChI is InChI=1S/C21H19ClF4N2O3/c1-4-15(9-16(22)11-23)20(21(24,25)26)10-18(27-31-20)14-6-7-17(13(3)8-14)19(30)28(5-2)12-29/h4-9,12H,2,10-11H2,1,3H3/b15-4+,16-9+. The van der Waals surface area contributed by atoms with Crippen LogP contribution < -0.4 is 0 Å². The Balaban J connectivity index is 2.42. The van der Waals surface area contributed by atoms with Crippen molar-refractivity contribution in [1.29, 1.82) is 0 Å². The summed E-state index contributed by atoms with van der Waals surface area (Å²) in [4.78, 5) is 28.9. The SMILES string of the molecule is C=CN(C=O)C(=O)c1ccc(C2=NOC(C(/C=C(/Cl)CF)=C/C)(C(F)(F)F)C2)cc1C. The van der Waals surface area contributed by atoms with Crippen molar-refractivity contribution in [2.75, 3.05) is 6.67 Å². The predicted octanol–water partition coefficient (Wildman–Crippen LogP) is 5.20. The zero-order valence-electron chi connectivity index (χ0n) is 16.7. The normalized spacial score (nSPS) is 19.5. The number of imide groups is 1. The van der Waals surface area contributed by atoms with Gasteiger partial charge in [0.15, 0.2) is 0 Å². The van der Waals surface area contributed by atoms with Gasteiger partial charge >= 0.3 is 6.18 Å². The van der Waals surface area contributed by atoms with Gasteiger partial charge in [-0.15, -0.1) is 0 Å². The molecule has 31 heavy (non-hydrogen) atoms. The number of amides is 2. The van der Waals surface area contributed by atoms with Crippen LogP contribution in [0, 0.1) is 6.92 Å². The number of rotatable bonds is 7. The van der Waals surface area contributed by atoms with Gasteiger partial charge in [0.05, 0.1) is 5.71 Å². The third-order valence-electron chi connectivity index (χ3n) is 4.74. The van der Waals surface area contributed by atoms with Gasteiger partial charge in [-0.1, -0.05) is 35.5 Å². The lowest BCUT2D eigenvalue weighted by Crippen LogP contribution is -2.47. The fourth-order valence-corrected chi connectivity index (χ4v) is 3.21. The molecule has 10 heteroatoms. The minimum atomic E-state index is -4.87. The van der Waals surface area contributed by atoms with Crippen molar-refractivity contribution in [3.05, 3.63) is 70.4 Å². The summed E-state index contributed by atoms with van der Waals surface area (Å²) in [6.07, 6.45) is -2.19. The summed E-state index contributed by atoms with van der Waals surface area (Å²) in [5.74, 6) is -0.634. The Morgan fingerprint density at radius 3 is 2.58 bits per heavy atom. The van der Waals surface area contributed by atoms with Gasteiger partial charge in [0, 0.05) is 28.8 Å². The number of allylic oxidation sites excluding steroid dienone is 2. The van der Waals surface area contributed by atoms with E-state index in [1.54, 1.807) is 6.92 Å². The lowest BCUT2D eigenvalue weighted by atomic mass is 9.85. The molecule has 1 aromatic rings. The number of carbonyl (C=O) groups excluding carboxylic acids is 2. The largest absolute Gasteiger partial charge is 0.435 e. The van der Waals surface area contributed by atoms with Gasteiger partial charge < -0.3 is 4.84 Å². The molecule has 1 unspecified atom stereocenters. The number of alkyl halides is 4. The van der Waals surface area contributed by atoms with Crippen molar-refractivity contribution in [2.24, 2.45) is 5.16 Å². The number of oxime groups is 1. The van der Waals surface area contributed by atoms with Gasteiger partial charge in [-0.2, -0.15) is 13.2 Å². The summed E-state index contributed by atoms with van der Waals surface area (Å²) in [6.45, 7) is 5.16. The first kappa shape index (κ1) is 24.3. The van der Waals surface area contributed by atoms with Gasteiger partial charge in [0.1, 0.15) is 6.67 Å². The number of benzene rings is 1. The second-order valence-electron chi connectivity index (χ2n) is 6.63.